The SMILES string of the molecule is COc1ccc(CC(=O)N(CCCc2ccccc2)Cc2ccc(-c3ccccc3C(=O)O)cc2)cc1OC. The zero-order valence-corrected chi connectivity index (χ0v) is 22.3. The van der Waals surface area contributed by atoms with Crippen molar-refractivity contribution in [2.24, 2.45) is 0 Å². The maximum Gasteiger partial charge on any atom is 0.336 e. The van der Waals surface area contributed by atoms with Gasteiger partial charge in [-0.1, -0.05) is 78.9 Å². The van der Waals surface area contributed by atoms with Gasteiger partial charge in [0.05, 0.1) is 26.2 Å². The number of carbonyl (C=O) groups is 2. The number of hydrogen-bond donors (Lipinski definition) is 1. The number of nitrogens with zero attached hydrogens (tertiary/aromatic N) is 1. The van der Waals surface area contributed by atoms with Gasteiger partial charge in [-0.05, 0) is 58.9 Å². The van der Waals surface area contributed by atoms with Gasteiger partial charge in [0.2, 0.25) is 5.91 Å². The molecule has 0 heterocycles. The predicted molar refractivity (Wildman–Crippen MR) is 152 cm³/mol. The number of hydrogen-bond acceptors (Lipinski definition) is 4. The van der Waals surface area contributed by atoms with Gasteiger partial charge in [0.25, 0.3) is 0 Å². The van der Waals surface area contributed by atoms with E-state index >= 15 is 0 Å². The van der Waals surface area contributed by atoms with Crippen molar-refractivity contribution >= 4 is 11.9 Å². The van der Waals surface area contributed by atoms with Crippen molar-refractivity contribution < 1.29 is 24.2 Å². The molecule has 0 fully saturated rings. The van der Waals surface area contributed by atoms with Crippen LogP contribution in [0.15, 0.2) is 97.1 Å². The lowest BCUT2D eigenvalue weighted by Gasteiger charge is -2.24. The Kier molecular flexibility index (Phi) is 9.35. The third-order valence-corrected chi connectivity index (χ3v) is 6.69. The Balaban J connectivity index is 1.51. The summed E-state index contributed by atoms with van der Waals surface area (Å²) >= 11 is 0. The lowest BCUT2D eigenvalue weighted by molar-refractivity contribution is -0.131. The maximum atomic E-state index is 13.5. The molecule has 39 heavy (non-hydrogen) atoms. The highest BCUT2D eigenvalue weighted by Crippen LogP contribution is 2.28. The standard InChI is InChI=1S/C33H33NO5/c1-38-30-19-16-26(21-31(30)39-2)22-32(35)34(20-8-11-24-9-4-3-5-10-24)23-25-14-17-27(18-15-25)28-12-6-7-13-29(28)33(36)37/h3-7,9-10,12-19,21H,8,11,20,22-23H2,1-2H3,(H,36,37). The smallest absolute Gasteiger partial charge is 0.336 e. The third kappa shape index (κ3) is 7.26. The first-order valence-corrected chi connectivity index (χ1v) is 12.9. The molecule has 0 saturated heterocycles. The van der Waals surface area contributed by atoms with Crippen LogP contribution in [-0.4, -0.2) is 42.6 Å². The fraction of sp³-hybridized carbons (Fsp3) is 0.212. The van der Waals surface area contributed by atoms with E-state index in [1.165, 1.54) is 5.56 Å². The highest BCUT2D eigenvalue weighted by atomic mass is 16.5. The zero-order valence-electron chi connectivity index (χ0n) is 22.3. The molecular formula is C33H33NO5. The lowest BCUT2D eigenvalue weighted by atomic mass is 9.98. The number of carbonyl (C=O) groups excluding carboxylic acids is 1. The molecule has 0 spiro atoms. The first-order valence-electron chi connectivity index (χ1n) is 12.9. The minimum atomic E-state index is -0.958. The largest absolute Gasteiger partial charge is 0.493 e. The fourth-order valence-corrected chi connectivity index (χ4v) is 4.62. The van der Waals surface area contributed by atoms with Crippen LogP contribution in [0.1, 0.15) is 33.5 Å². The summed E-state index contributed by atoms with van der Waals surface area (Å²) < 4.78 is 10.7. The molecule has 200 valence electrons. The van der Waals surface area contributed by atoms with Gasteiger partial charge in [-0.15, -0.1) is 0 Å². The van der Waals surface area contributed by atoms with Crippen molar-refractivity contribution in [3.63, 3.8) is 0 Å². The van der Waals surface area contributed by atoms with Gasteiger partial charge >= 0.3 is 5.97 Å². The van der Waals surface area contributed by atoms with Gasteiger partial charge in [0.15, 0.2) is 11.5 Å². The number of aromatic carboxylic acids is 1. The summed E-state index contributed by atoms with van der Waals surface area (Å²) in [5, 5.41) is 9.55. The van der Waals surface area contributed by atoms with Crippen molar-refractivity contribution in [1.29, 1.82) is 0 Å². The first kappa shape index (κ1) is 27.5. The summed E-state index contributed by atoms with van der Waals surface area (Å²) in [4.78, 5) is 27.1. The monoisotopic (exact) mass is 523 g/mol. The van der Waals surface area contributed by atoms with Crippen LogP contribution in [0.25, 0.3) is 11.1 Å². The summed E-state index contributed by atoms with van der Waals surface area (Å²) in [5.41, 5.74) is 4.83. The van der Waals surface area contributed by atoms with Crippen LogP contribution in [0, 0.1) is 0 Å². The predicted octanol–water partition coefficient (Wildman–Crippen LogP) is 6.27. The Morgan fingerprint density at radius 1 is 0.744 bits per heavy atom. The Bertz CT molecular complexity index is 1400. The number of carboxylic acid groups (broad SMARTS) is 1. The summed E-state index contributed by atoms with van der Waals surface area (Å²) in [5.74, 6) is 0.282. The topological polar surface area (TPSA) is 76.1 Å². The molecule has 1 amide bonds. The molecule has 0 saturated carbocycles. The van der Waals surface area contributed by atoms with Gasteiger partial charge in [0.1, 0.15) is 0 Å². The third-order valence-electron chi connectivity index (χ3n) is 6.69. The Morgan fingerprint density at radius 2 is 1.41 bits per heavy atom. The number of aryl methyl sites for hydroxylation is 1. The Hall–Kier alpha value is -4.58. The molecule has 1 N–H and O–H groups in total. The molecule has 6 heteroatoms. The molecule has 0 atom stereocenters. The van der Waals surface area contributed by atoms with E-state index in [1.54, 1.807) is 32.4 Å². The molecule has 0 bridgehead atoms. The molecule has 4 aromatic rings. The molecule has 4 rings (SSSR count). The molecule has 0 aliphatic carbocycles. The molecule has 0 aromatic heterocycles. The second-order valence-corrected chi connectivity index (χ2v) is 9.32. The van der Waals surface area contributed by atoms with Gasteiger partial charge in [-0.2, -0.15) is 0 Å². The van der Waals surface area contributed by atoms with E-state index in [0.29, 0.717) is 30.2 Å². The number of benzene rings is 4. The van der Waals surface area contributed by atoms with Crippen LogP contribution >= 0.6 is 0 Å². The van der Waals surface area contributed by atoms with Crippen LogP contribution in [0.4, 0.5) is 0 Å². The van der Waals surface area contributed by atoms with E-state index < -0.39 is 5.97 Å². The summed E-state index contributed by atoms with van der Waals surface area (Å²) in [7, 11) is 3.17. The molecule has 0 aliphatic heterocycles. The van der Waals surface area contributed by atoms with Crippen LogP contribution < -0.4 is 9.47 Å². The van der Waals surface area contributed by atoms with E-state index in [2.05, 4.69) is 12.1 Å². The Labute approximate surface area is 229 Å². The van der Waals surface area contributed by atoms with Crippen LogP contribution in [-0.2, 0) is 24.2 Å². The second kappa shape index (κ2) is 13.3. The summed E-state index contributed by atoms with van der Waals surface area (Å²) in [6, 6.07) is 30.5. The maximum absolute atomic E-state index is 13.5. The average Bonchev–Trinajstić information content (AvgIpc) is 2.97. The van der Waals surface area contributed by atoms with Crippen LogP contribution in [0.5, 0.6) is 11.5 Å². The highest BCUT2D eigenvalue weighted by molar-refractivity contribution is 5.96. The lowest BCUT2D eigenvalue weighted by Crippen LogP contribution is -2.33. The fourth-order valence-electron chi connectivity index (χ4n) is 4.62. The quantitative estimate of drug-likeness (QED) is 0.237. The Morgan fingerprint density at radius 3 is 2.10 bits per heavy atom. The summed E-state index contributed by atoms with van der Waals surface area (Å²) in [6.07, 6.45) is 1.97. The van der Waals surface area contributed by atoms with E-state index in [9.17, 15) is 14.7 Å². The number of carboxylic acids is 1. The number of methoxy groups -OCH3 is 2. The van der Waals surface area contributed by atoms with Gasteiger partial charge in [-0.25, -0.2) is 4.79 Å². The van der Waals surface area contributed by atoms with Crippen molar-refractivity contribution in [2.75, 3.05) is 20.8 Å². The molecule has 0 unspecified atom stereocenters. The van der Waals surface area contributed by atoms with E-state index in [0.717, 1.165) is 29.5 Å². The molecule has 0 aliphatic rings. The van der Waals surface area contributed by atoms with Crippen molar-refractivity contribution in [1.82, 2.24) is 4.90 Å². The number of amides is 1. The van der Waals surface area contributed by atoms with Gasteiger partial charge < -0.3 is 19.5 Å². The number of rotatable bonds is 12. The minimum absolute atomic E-state index is 0.0237. The van der Waals surface area contributed by atoms with Crippen LogP contribution in [0.2, 0.25) is 0 Å². The zero-order chi connectivity index (χ0) is 27.6. The normalized spacial score (nSPS) is 10.6. The van der Waals surface area contributed by atoms with E-state index in [1.807, 2.05) is 71.6 Å². The van der Waals surface area contributed by atoms with Gasteiger partial charge in [0, 0.05) is 13.1 Å². The van der Waals surface area contributed by atoms with Crippen molar-refractivity contribution in [3.8, 4) is 22.6 Å². The van der Waals surface area contributed by atoms with E-state index in [-0.39, 0.29) is 17.9 Å². The molecular weight excluding hydrogens is 490 g/mol. The average molecular weight is 524 g/mol. The van der Waals surface area contributed by atoms with Crippen molar-refractivity contribution in [3.05, 3.63) is 119 Å². The van der Waals surface area contributed by atoms with Crippen molar-refractivity contribution in [2.45, 2.75) is 25.8 Å². The minimum Gasteiger partial charge on any atom is -0.493 e. The van der Waals surface area contributed by atoms with E-state index in [4.69, 9.17) is 9.47 Å². The second-order valence-electron chi connectivity index (χ2n) is 9.32. The molecule has 4 aromatic carbocycles. The number of ether oxygens (including phenoxy) is 2. The van der Waals surface area contributed by atoms with Crippen LogP contribution in [0.3, 0.4) is 0 Å². The molecule has 0 radical (unpaired) electrons. The molecule has 6 nitrogen and oxygen atoms in total. The first-order chi connectivity index (χ1) is 19.0. The highest BCUT2D eigenvalue weighted by Gasteiger charge is 2.17. The summed E-state index contributed by atoms with van der Waals surface area (Å²) in [6.45, 7) is 1.08. The van der Waals surface area contributed by atoms with Gasteiger partial charge in [-0.3, -0.25) is 4.79 Å².